The van der Waals surface area contributed by atoms with E-state index in [1.54, 1.807) is 35.9 Å². The van der Waals surface area contributed by atoms with Gasteiger partial charge in [-0.05, 0) is 61.4 Å². The molecule has 0 unspecified atom stereocenters. The van der Waals surface area contributed by atoms with E-state index in [0.29, 0.717) is 29.2 Å². The third-order valence-electron chi connectivity index (χ3n) is 5.44. The number of carbonyl (C=O) groups is 2. The highest BCUT2D eigenvalue weighted by atomic mass is 35.5. The molecule has 0 aliphatic carbocycles. The lowest BCUT2D eigenvalue weighted by Gasteiger charge is -2.08. The number of esters is 1. The first kappa shape index (κ1) is 22.9. The van der Waals surface area contributed by atoms with E-state index in [1.807, 2.05) is 25.1 Å². The quantitative estimate of drug-likeness (QED) is 0.303. The van der Waals surface area contributed by atoms with Crippen LogP contribution < -0.4 is 4.74 Å². The van der Waals surface area contributed by atoms with Gasteiger partial charge in [-0.25, -0.2) is 0 Å². The molecule has 0 bridgehead atoms. The summed E-state index contributed by atoms with van der Waals surface area (Å²) in [5.41, 5.74) is 3.14. The fourth-order valence-corrected chi connectivity index (χ4v) is 3.87. The standard InChI is InChI=1S/C25H28ClNO4/c1-4-5-6-7-24(28)31-15-14-21-17(2)27(23-13-12-20(30-3)16-22(21)23)25(29)18-8-10-19(26)11-9-18/h8-13,16H,4-7,14-15H2,1-3H3. The minimum atomic E-state index is -0.176. The summed E-state index contributed by atoms with van der Waals surface area (Å²) in [5, 5.41) is 1.50. The van der Waals surface area contributed by atoms with Gasteiger partial charge in [0.05, 0.1) is 19.2 Å². The van der Waals surface area contributed by atoms with Gasteiger partial charge >= 0.3 is 5.97 Å². The van der Waals surface area contributed by atoms with Crippen LogP contribution in [0.1, 0.15) is 54.2 Å². The van der Waals surface area contributed by atoms with Gasteiger partial charge in [0, 0.05) is 34.5 Å². The maximum absolute atomic E-state index is 13.3. The van der Waals surface area contributed by atoms with Crippen molar-refractivity contribution in [2.45, 2.75) is 46.0 Å². The topological polar surface area (TPSA) is 57.5 Å². The molecule has 0 amide bonds. The van der Waals surface area contributed by atoms with Crippen LogP contribution in [0.15, 0.2) is 42.5 Å². The molecular weight excluding hydrogens is 414 g/mol. The average molecular weight is 442 g/mol. The molecule has 3 rings (SSSR count). The van der Waals surface area contributed by atoms with Crippen LogP contribution in [0.25, 0.3) is 10.9 Å². The molecule has 0 fully saturated rings. The number of fused-ring (bicyclic) bond motifs is 1. The van der Waals surface area contributed by atoms with Crippen molar-refractivity contribution in [1.29, 1.82) is 0 Å². The minimum absolute atomic E-state index is 0.132. The number of aromatic nitrogens is 1. The molecule has 164 valence electrons. The van der Waals surface area contributed by atoms with Crippen molar-refractivity contribution >= 4 is 34.4 Å². The minimum Gasteiger partial charge on any atom is -0.497 e. The van der Waals surface area contributed by atoms with Crippen molar-refractivity contribution < 1.29 is 19.1 Å². The molecule has 1 aromatic heterocycles. The van der Waals surface area contributed by atoms with Gasteiger partial charge < -0.3 is 9.47 Å². The van der Waals surface area contributed by atoms with Crippen LogP contribution in [0.5, 0.6) is 5.75 Å². The summed E-state index contributed by atoms with van der Waals surface area (Å²) < 4.78 is 12.5. The zero-order valence-corrected chi connectivity index (χ0v) is 19.0. The van der Waals surface area contributed by atoms with E-state index in [9.17, 15) is 9.59 Å². The van der Waals surface area contributed by atoms with E-state index in [0.717, 1.165) is 41.4 Å². The molecule has 0 atom stereocenters. The van der Waals surface area contributed by atoms with Crippen LogP contribution in [0.4, 0.5) is 0 Å². The lowest BCUT2D eigenvalue weighted by atomic mass is 10.1. The van der Waals surface area contributed by atoms with Gasteiger partial charge in [0.2, 0.25) is 0 Å². The van der Waals surface area contributed by atoms with E-state index < -0.39 is 0 Å². The molecule has 3 aromatic rings. The number of methoxy groups -OCH3 is 1. The first-order valence-electron chi connectivity index (χ1n) is 10.6. The first-order valence-corrected chi connectivity index (χ1v) is 11.0. The number of nitrogens with zero attached hydrogens (tertiary/aromatic N) is 1. The normalized spacial score (nSPS) is 11.0. The summed E-state index contributed by atoms with van der Waals surface area (Å²) in [6.07, 6.45) is 3.90. The van der Waals surface area contributed by atoms with Crippen molar-refractivity contribution in [1.82, 2.24) is 4.57 Å². The summed E-state index contributed by atoms with van der Waals surface area (Å²) in [4.78, 5) is 25.3. The molecule has 5 nitrogen and oxygen atoms in total. The number of rotatable bonds is 9. The molecule has 0 aliphatic rings. The average Bonchev–Trinajstić information content (AvgIpc) is 3.04. The fraction of sp³-hybridized carbons (Fsp3) is 0.360. The van der Waals surface area contributed by atoms with E-state index in [-0.39, 0.29) is 18.5 Å². The van der Waals surface area contributed by atoms with Crippen molar-refractivity contribution in [3.8, 4) is 5.75 Å². The monoisotopic (exact) mass is 441 g/mol. The van der Waals surface area contributed by atoms with E-state index >= 15 is 0 Å². The fourth-order valence-electron chi connectivity index (χ4n) is 3.75. The largest absolute Gasteiger partial charge is 0.497 e. The molecule has 0 N–H and O–H groups in total. The summed E-state index contributed by atoms with van der Waals surface area (Å²) in [7, 11) is 1.61. The van der Waals surface area contributed by atoms with Crippen molar-refractivity contribution in [2.24, 2.45) is 0 Å². The number of carbonyl (C=O) groups excluding carboxylic acids is 2. The number of hydrogen-bond donors (Lipinski definition) is 0. The maximum atomic E-state index is 13.3. The molecular formula is C25H28ClNO4. The molecule has 0 saturated heterocycles. The zero-order chi connectivity index (χ0) is 22.4. The summed E-state index contributed by atoms with van der Waals surface area (Å²) in [6.45, 7) is 4.29. The lowest BCUT2D eigenvalue weighted by molar-refractivity contribution is -0.143. The Hall–Kier alpha value is -2.79. The number of hydrogen-bond acceptors (Lipinski definition) is 4. The number of halogens is 1. The Balaban J connectivity index is 1.90. The van der Waals surface area contributed by atoms with Gasteiger partial charge in [0.25, 0.3) is 5.91 Å². The number of ether oxygens (including phenoxy) is 2. The van der Waals surface area contributed by atoms with Crippen LogP contribution in [-0.4, -0.2) is 30.2 Å². The second-order valence-electron chi connectivity index (χ2n) is 7.52. The van der Waals surface area contributed by atoms with Crippen molar-refractivity contribution in [3.63, 3.8) is 0 Å². The molecule has 6 heteroatoms. The Morgan fingerprint density at radius 2 is 1.81 bits per heavy atom. The first-order chi connectivity index (χ1) is 15.0. The van der Waals surface area contributed by atoms with Crippen LogP contribution in [0, 0.1) is 6.92 Å². The summed E-state index contributed by atoms with van der Waals surface area (Å²) >= 11 is 5.98. The highest BCUT2D eigenvalue weighted by molar-refractivity contribution is 6.30. The van der Waals surface area contributed by atoms with Gasteiger partial charge in [-0.3, -0.25) is 14.2 Å². The highest BCUT2D eigenvalue weighted by Crippen LogP contribution is 2.31. The predicted octanol–water partition coefficient (Wildman–Crippen LogP) is 5.97. The van der Waals surface area contributed by atoms with E-state index in [1.165, 1.54) is 0 Å². The Morgan fingerprint density at radius 1 is 1.06 bits per heavy atom. The lowest BCUT2D eigenvalue weighted by Crippen LogP contribution is -2.14. The Kier molecular flexibility index (Phi) is 7.75. The molecule has 0 aliphatic heterocycles. The predicted molar refractivity (Wildman–Crippen MR) is 123 cm³/mol. The van der Waals surface area contributed by atoms with Crippen molar-refractivity contribution in [2.75, 3.05) is 13.7 Å². The molecule has 31 heavy (non-hydrogen) atoms. The Labute approximate surface area is 187 Å². The second kappa shape index (κ2) is 10.5. The maximum Gasteiger partial charge on any atom is 0.305 e. The van der Waals surface area contributed by atoms with Gasteiger partial charge in [-0.2, -0.15) is 0 Å². The van der Waals surface area contributed by atoms with Crippen molar-refractivity contribution in [3.05, 3.63) is 64.3 Å². The molecule has 2 aromatic carbocycles. The zero-order valence-electron chi connectivity index (χ0n) is 18.2. The van der Waals surface area contributed by atoms with Gasteiger partial charge in [0.1, 0.15) is 5.75 Å². The number of unbranched alkanes of at least 4 members (excludes halogenated alkanes) is 2. The smallest absolute Gasteiger partial charge is 0.305 e. The van der Waals surface area contributed by atoms with E-state index in [4.69, 9.17) is 21.1 Å². The third kappa shape index (κ3) is 5.28. The van der Waals surface area contributed by atoms with E-state index in [2.05, 4.69) is 6.92 Å². The summed E-state index contributed by atoms with van der Waals surface area (Å²) in [5.74, 6) is 0.401. The Morgan fingerprint density at radius 3 is 2.48 bits per heavy atom. The van der Waals surface area contributed by atoms with Crippen LogP contribution >= 0.6 is 11.6 Å². The Bertz CT molecular complexity index is 1070. The molecule has 0 radical (unpaired) electrons. The van der Waals surface area contributed by atoms with Gasteiger partial charge in [-0.15, -0.1) is 0 Å². The van der Waals surface area contributed by atoms with Crippen LogP contribution in [0.3, 0.4) is 0 Å². The summed E-state index contributed by atoms with van der Waals surface area (Å²) in [6, 6.07) is 12.5. The SMILES string of the molecule is CCCCCC(=O)OCCc1c(C)n(C(=O)c2ccc(Cl)cc2)c2ccc(OC)cc12. The second-order valence-corrected chi connectivity index (χ2v) is 7.96. The third-order valence-corrected chi connectivity index (χ3v) is 5.69. The van der Waals surface area contributed by atoms with Crippen LogP contribution in [0.2, 0.25) is 5.02 Å². The molecule has 1 heterocycles. The van der Waals surface area contributed by atoms with Gasteiger partial charge in [-0.1, -0.05) is 31.4 Å². The highest BCUT2D eigenvalue weighted by Gasteiger charge is 2.20. The number of benzene rings is 2. The van der Waals surface area contributed by atoms with Crippen LogP contribution in [-0.2, 0) is 16.0 Å². The molecule has 0 saturated carbocycles. The van der Waals surface area contributed by atoms with Gasteiger partial charge in [0.15, 0.2) is 0 Å². The molecule has 0 spiro atoms.